The Labute approximate surface area is 103 Å². The molecule has 0 aromatic carbocycles. The van der Waals surface area contributed by atoms with Crippen LogP contribution in [0.15, 0.2) is 24.5 Å². The van der Waals surface area contributed by atoms with Gasteiger partial charge in [-0.3, -0.25) is 4.98 Å². The fourth-order valence-electron chi connectivity index (χ4n) is 2.07. The van der Waals surface area contributed by atoms with Crippen LogP contribution in [0.2, 0.25) is 0 Å². The summed E-state index contributed by atoms with van der Waals surface area (Å²) in [6, 6.07) is 4.44. The van der Waals surface area contributed by atoms with Crippen molar-refractivity contribution >= 4 is 0 Å². The summed E-state index contributed by atoms with van der Waals surface area (Å²) in [5, 5.41) is 3.51. The molecule has 0 bridgehead atoms. The van der Waals surface area contributed by atoms with Gasteiger partial charge < -0.3 is 15.0 Å². The van der Waals surface area contributed by atoms with E-state index >= 15 is 0 Å². The quantitative estimate of drug-likeness (QED) is 0.847. The van der Waals surface area contributed by atoms with Crippen molar-refractivity contribution in [2.24, 2.45) is 0 Å². The molecule has 0 aliphatic carbocycles. The van der Waals surface area contributed by atoms with Crippen molar-refractivity contribution in [3.8, 4) is 0 Å². The van der Waals surface area contributed by atoms with E-state index in [1.807, 2.05) is 24.5 Å². The zero-order chi connectivity index (χ0) is 12.1. The number of morpholine rings is 1. The molecule has 4 nitrogen and oxygen atoms in total. The third kappa shape index (κ3) is 3.77. The van der Waals surface area contributed by atoms with Crippen LogP contribution in [0.4, 0.5) is 0 Å². The summed E-state index contributed by atoms with van der Waals surface area (Å²) in [6.45, 7) is 5.95. The van der Waals surface area contributed by atoms with Crippen LogP contribution in [0.5, 0.6) is 0 Å². The molecule has 0 radical (unpaired) electrons. The van der Waals surface area contributed by atoms with E-state index in [-0.39, 0.29) is 0 Å². The zero-order valence-corrected chi connectivity index (χ0v) is 10.6. The van der Waals surface area contributed by atoms with Crippen molar-refractivity contribution in [2.75, 3.05) is 33.3 Å². The van der Waals surface area contributed by atoms with E-state index in [1.54, 1.807) is 0 Å². The minimum Gasteiger partial charge on any atom is -0.374 e. The molecule has 2 atom stereocenters. The van der Waals surface area contributed by atoms with Crippen LogP contribution in [0, 0.1) is 0 Å². The van der Waals surface area contributed by atoms with Crippen LogP contribution in [-0.4, -0.2) is 49.3 Å². The lowest BCUT2D eigenvalue weighted by atomic mass is 10.1. The Kier molecular flexibility index (Phi) is 4.48. The summed E-state index contributed by atoms with van der Waals surface area (Å²) >= 11 is 0. The maximum atomic E-state index is 5.72. The lowest BCUT2D eigenvalue weighted by molar-refractivity contribution is -0.0190. The summed E-state index contributed by atoms with van der Waals surface area (Å²) in [7, 11) is 2.14. The fourth-order valence-corrected chi connectivity index (χ4v) is 2.07. The van der Waals surface area contributed by atoms with Crippen molar-refractivity contribution in [3.05, 3.63) is 30.1 Å². The molecule has 0 amide bonds. The predicted molar refractivity (Wildman–Crippen MR) is 67.9 cm³/mol. The van der Waals surface area contributed by atoms with Crippen LogP contribution in [0.25, 0.3) is 0 Å². The fraction of sp³-hybridized carbons (Fsp3) is 0.615. The highest BCUT2D eigenvalue weighted by Gasteiger charge is 2.18. The molecule has 1 aromatic heterocycles. The number of ether oxygens (including phenoxy) is 1. The summed E-state index contributed by atoms with van der Waals surface area (Å²) in [5.41, 5.74) is 1.27. The van der Waals surface area contributed by atoms with Crippen LogP contribution < -0.4 is 5.32 Å². The molecule has 1 saturated heterocycles. The number of pyridine rings is 1. The molecule has 1 fully saturated rings. The first-order valence-corrected chi connectivity index (χ1v) is 6.19. The minimum absolute atomic E-state index is 0.304. The normalized spacial score (nSPS) is 23.5. The molecule has 2 heterocycles. The van der Waals surface area contributed by atoms with E-state index in [9.17, 15) is 0 Å². The highest BCUT2D eigenvalue weighted by atomic mass is 16.5. The molecule has 17 heavy (non-hydrogen) atoms. The first-order chi connectivity index (χ1) is 8.25. The first-order valence-electron chi connectivity index (χ1n) is 6.19. The van der Waals surface area contributed by atoms with E-state index in [2.05, 4.69) is 29.2 Å². The molecule has 1 unspecified atom stereocenters. The van der Waals surface area contributed by atoms with Gasteiger partial charge in [0.2, 0.25) is 0 Å². The van der Waals surface area contributed by atoms with Gasteiger partial charge in [0.25, 0.3) is 0 Å². The molecule has 1 aromatic rings. The van der Waals surface area contributed by atoms with Gasteiger partial charge in [-0.05, 0) is 31.7 Å². The monoisotopic (exact) mass is 235 g/mol. The highest BCUT2D eigenvalue weighted by molar-refractivity contribution is 5.13. The van der Waals surface area contributed by atoms with E-state index in [0.717, 1.165) is 26.2 Å². The van der Waals surface area contributed by atoms with Crippen LogP contribution in [0.3, 0.4) is 0 Å². The molecule has 1 aliphatic heterocycles. The van der Waals surface area contributed by atoms with Crippen LogP contribution in [0.1, 0.15) is 18.5 Å². The number of likely N-dealkylation sites (N-methyl/N-ethyl adjacent to an activating group) is 1. The number of rotatable bonds is 4. The second-order valence-corrected chi connectivity index (χ2v) is 4.67. The molecule has 0 saturated carbocycles. The largest absolute Gasteiger partial charge is 0.374 e. The Morgan fingerprint density at radius 3 is 3.00 bits per heavy atom. The Morgan fingerprint density at radius 1 is 1.53 bits per heavy atom. The second-order valence-electron chi connectivity index (χ2n) is 4.67. The molecule has 1 N–H and O–H groups in total. The van der Waals surface area contributed by atoms with Gasteiger partial charge in [0.05, 0.1) is 12.7 Å². The number of hydrogen-bond acceptors (Lipinski definition) is 4. The molecule has 94 valence electrons. The third-order valence-corrected chi connectivity index (χ3v) is 3.20. The zero-order valence-electron chi connectivity index (χ0n) is 10.6. The lowest BCUT2D eigenvalue weighted by Gasteiger charge is -2.31. The van der Waals surface area contributed by atoms with Crippen molar-refractivity contribution in [2.45, 2.75) is 19.1 Å². The number of hydrogen-bond donors (Lipinski definition) is 1. The smallest absolute Gasteiger partial charge is 0.0826 e. The van der Waals surface area contributed by atoms with Crippen molar-refractivity contribution < 1.29 is 4.74 Å². The van der Waals surface area contributed by atoms with Crippen LogP contribution >= 0.6 is 0 Å². The van der Waals surface area contributed by atoms with Crippen molar-refractivity contribution in [3.63, 3.8) is 0 Å². The Balaban J connectivity index is 1.78. The van der Waals surface area contributed by atoms with Gasteiger partial charge in [-0.25, -0.2) is 0 Å². The Bertz CT molecular complexity index is 331. The van der Waals surface area contributed by atoms with E-state index in [4.69, 9.17) is 4.74 Å². The second kappa shape index (κ2) is 6.10. The minimum atomic E-state index is 0.304. The van der Waals surface area contributed by atoms with Crippen LogP contribution in [-0.2, 0) is 4.74 Å². The average Bonchev–Trinajstić information content (AvgIpc) is 2.37. The van der Waals surface area contributed by atoms with Gasteiger partial charge in [0.1, 0.15) is 0 Å². The van der Waals surface area contributed by atoms with E-state index in [0.29, 0.717) is 12.1 Å². The summed E-state index contributed by atoms with van der Waals surface area (Å²) < 4.78 is 5.72. The van der Waals surface area contributed by atoms with Gasteiger partial charge in [-0.15, -0.1) is 0 Å². The SMILES string of the molecule is C[C@H](NCC1CN(C)CCO1)c1ccncc1. The number of nitrogens with one attached hydrogen (secondary N) is 1. The summed E-state index contributed by atoms with van der Waals surface area (Å²) in [6.07, 6.45) is 3.97. The van der Waals surface area contributed by atoms with E-state index in [1.165, 1.54) is 5.56 Å². The topological polar surface area (TPSA) is 37.4 Å². The molecular formula is C13H21N3O. The molecule has 0 spiro atoms. The van der Waals surface area contributed by atoms with Crippen molar-refractivity contribution in [1.29, 1.82) is 0 Å². The maximum Gasteiger partial charge on any atom is 0.0826 e. The van der Waals surface area contributed by atoms with Gasteiger partial charge >= 0.3 is 0 Å². The van der Waals surface area contributed by atoms with Gasteiger partial charge in [0.15, 0.2) is 0 Å². The lowest BCUT2D eigenvalue weighted by Crippen LogP contribution is -2.45. The third-order valence-electron chi connectivity index (χ3n) is 3.20. The van der Waals surface area contributed by atoms with E-state index < -0.39 is 0 Å². The number of aromatic nitrogens is 1. The molecule has 1 aliphatic rings. The molecular weight excluding hydrogens is 214 g/mol. The standard InChI is InChI=1S/C13H21N3O/c1-11(12-3-5-14-6-4-12)15-9-13-10-16(2)7-8-17-13/h3-6,11,13,15H,7-10H2,1-2H3/t11-,13?/m0/s1. The Morgan fingerprint density at radius 2 is 2.29 bits per heavy atom. The van der Waals surface area contributed by atoms with Crippen molar-refractivity contribution in [1.82, 2.24) is 15.2 Å². The maximum absolute atomic E-state index is 5.72. The van der Waals surface area contributed by atoms with Gasteiger partial charge in [0, 0.05) is 38.1 Å². The average molecular weight is 235 g/mol. The number of nitrogens with zero attached hydrogens (tertiary/aromatic N) is 2. The highest BCUT2D eigenvalue weighted by Crippen LogP contribution is 2.11. The predicted octanol–water partition coefficient (Wildman–Crippen LogP) is 1.06. The van der Waals surface area contributed by atoms with Gasteiger partial charge in [-0.1, -0.05) is 0 Å². The molecule has 4 heteroatoms. The Hall–Kier alpha value is -0.970. The van der Waals surface area contributed by atoms with Gasteiger partial charge in [-0.2, -0.15) is 0 Å². The summed E-state index contributed by atoms with van der Waals surface area (Å²) in [4.78, 5) is 6.34. The summed E-state index contributed by atoms with van der Waals surface area (Å²) in [5.74, 6) is 0. The first kappa shape index (κ1) is 12.5. The molecule has 2 rings (SSSR count).